The van der Waals surface area contributed by atoms with Crippen LogP contribution in [0.4, 0.5) is 4.39 Å². The van der Waals surface area contributed by atoms with Crippen molar-refractivity contribution in [2.24, 2.45) is 0 Å². The van der Waals surface area contributed by atoms with Crippen molar-refractivity contribution in [3.63, 3.8) is 0 Å². The minimum absolute atomic E-state index is 0.0206. The maximum atomic E-state index is 13.5. The smallest absolute Gasteiger partial charge is 0.247 e. The highest BCUT2D eigenvalue weighted by atomic mass is 32.2. The molecule has 0 aromatic heterocycles. The van der Waals surface area contributed by atoms with Crippen molar-refractivity contribution < 1.29 is 22.4 Å². The second-order valence-electron chi connectivity index (χ2n) is 9.12. The normalized spacial score (nSPS) is 14.1. The zero-order valence-electron chi connectivity index (χ0n) is 20.6. The number of sulfonamides is 1. The van der Waals surface area contributed by atoms with E-state index in [2.05, 4.69) is 10.0 Å². The first-order chi connectivity index (χ1) is 17.8. The molecule has 3 aromatic rings. The molecule has 37 heavy (non-hydrogen) atoms. The van der Waals surface area contributed by atoms with E-state index in [0.717, 1.165) is 18.4 Å². The number of halogens is 1. The van der Waals surface area contributed by atoms with E-state index in [1.54, 1.807) is 48.5 Å². The zero-order valence-corrected chi connectivity index (χ0v) is 21.4. The first-order valence-electron chi connectivity index (χ1n) is 12.2. The molecular weight excluding hydrogens is 493 g/mol. The van der Waals surface area contributed by atoms with Gasteiger partial charge in [-0.2, -0.15) is 0 Å². The Morgan fingerprint density at radius 2 is 1.57 bits per heavy atom. The number of hydrogen-bond acceptors (Lipinski definition) is 4. The first-order valence-corrected chi connectivity index (χ1v) is 13.7. The number of amides is 2. The number of benzene rings is 3. The monoisotopic (exact) mass is 523 g/mol. The van der Waals surface area contributed by atoms with Crippen molar-refractivity contribution >= 4 is 21.8 Å². The predicted molar refractivity (Wildman–Crippen MR) is 138 cm³/mol. The van der Waals surface area contributed by atoms with Crippen LogP contribution in [0.15, 0.2) is 83.8 Å². The molecule has 1 fully saturated rings. The van der Waals surface area contributed by atoms with Crippen molar-refractivity contribution in [2.45, 2.75) is 49.2 Å². The molecule has 1 aliphatic carbocycles. The molecule has 1 atom stereocenters. The van der Waals surface area contributed by atoms with E-state index in [1.807, 2.05) is 6.07 Å². The summed E-state index contributed by atoms with van der Waals surface area (Å²) in [5.74, 6) is -0.974. The van der Waals surface area contributed by atoms with Gasteiger partial charge in [0.05, 0.1) is 4.90 Å². The van der Waals surface area contributed by atoms with Crippen LogP contribution in [0, 0.1) is 5.82 Å². The maximum Gasteiger partial charge on any atom is 0.247 e. The third kappa shape index (κ3) is 7.02. The van der Waals surface area contributed by atoms with Gasteiger partial charge in [-0.15, -0.1) is 0 Å². The number of rotatable bonds is 11. The lowest BCUT2D eigenvalue weighted by Gasteiger charge is -2.31. The van der Waals surface area contributed by atoms with Gasteiger partial charge in [-0.25, -0.2) is 17.5 Å². The lowest BCUT2D eigenvalue weighted by atomic mass is 10.0. The molecule has 9 heteroatoms. The molecule has 4 rings (SSSR count). The number of nitrogens with one attached hydrogen (secondary N) is 2. The van der Waals surface area contributed by atoms with Gasteiger partial charge in [-0.3, -0.25) is 9.59 Å². The van der Waals surface area contributed by atoms with Crippen LogP contribution in [-0.4, -0.2) is 38.2 Å². The van der Waals surface area contributed by atoms with Gasteiger partial charge in [0, 0.05) is 26.1 Å². The van der Waals surface area contributed by atoms with Gasteiger partial charge in [0.1, 0.15) is 11.9 Å². The lowest BCUT2D eigenvalue weighted by molar-refractivity contribution is -0.141. The Hall–Kier alpha value is -3.56. The molecule has 1 aliphatic rings. The summed E-state index contributed by atoms with van der Waals surface area (Å²) >= 11 is 0. The number of likely N-dealkylation sites (N-methyl/N-ethyl adjacent to an activating group) is 1. The highest BCUT2D eigenvalue weighted by molar-refractivity contribution is 7.89. The molecule has 0 heterocycles. The molecular formula is C28H30FN3O4S. The summed E-state index contributed by atoms with van der Waals surface area (Å²) in [6, 6.07) is 20.5. The highest BCUT2D eigenvalue weighted by Gasteiger charge is 2.31. The van der Waals surface area contributed by atoms with Crippen molar-refractivity contribution in [1.82, 2.24) is 14.9 Å². The molecule has 2 N–H and O–H groups in total. The van der Waals surface area contributed by atoms with Gasteiger partial charge >= 0.3 is 0 Å². The SMILES string of the molecule is CNC(=O)C(c1ccccc1)N(Cc1ccc(F)cc1)C(=O)CCc1ccc(S(=O)(=O)NC2CC2)cc1. The number of nitrogens with zero attached hydrogens (tertiary/aromatic N) is 1. The Bertz CT molecular complexity index is 1330. The Morgan fingerprint density at radius 3 is 2.16 bits per heavy atom. The second kappa shape index (κ2) is 11.7. The van der Waals surface area contributed by atoms with Crippen LogP contribution in [0.25, 0.3) is 0 Å². The van der Waals surface area contributed by atoms with Gasteiger partial charge < -0.3 is 10.2 Å². The maximum absolute atomic E-state index is 13.5. The van der Waals surface area contributed by atoms with E-state index in [0.29, 0.717) is 17.5 Å². The fourth-order valence-electron chi connectivity index (χ4n) is 4.07. The van der Waals surface area contributed by atoms with Gasteiger partial charge in [0.15, 0.2) is 0 Å². The van der Waals surface area contributed by atoms with Crippen LogP contribution in [0.3, 0.4) is 0 Å². The van der Waals surface area contributed by atoms with E-state index in [-0.39, 0.29) is 41.5 Å². The van der Waals surface area contributed by atoms with E-state index in [4.69, 9.17) is 0 Å². The molecule has 0 saturated heterocycles. The fraction of sp³-hybridized carbons (Fsp3) is 0.286. The van der Waals surface area contributed by atoms with Crippen molar-refractivity contribution in [3.8, 4) is 0 Å². The summed E-state index contributed by atoms with van der Waals surface area (Å²) in [5, 5.41) is 2.65. The van der Waals surface area contributed by atoms with E-state index in [1.165, 1.54) is 36.2 Å². The van der Waals surface area contributed by atoms with Crippen LogP contribution >= 0.6 is 0 Å². The van der Waals surface area contributed by atoms with Crippen LogP contribution in [0.5, 0.6) is 0 Å². The van der Waals surface area contributed by atoms with Gasteiger partial charge in [-0.05, 0) is 60.2 Å². The molecule has 1 unspecified atom stereocenters. The number of aryl methyl sites for hydroxylation is 1. The first kappa shape index (κ1) is 26.5. The molecule has 1 saturated carbocycles. The molecule has 194 valence electrons. The molecule has 0 aliphatic heterocycles. The van der Waals surface area contributed by atoms with Gasteiger partial charge in [-0.1, -0.05) is 54.6 Å². The minimum atomic E-state index is -3.55. The van der Waals surface area contributed by atoms with Crippen molar-refractivity contribution in [2.75, 3.05) is 7.05 Å². The lowest BCUT2D eigenvalue weighted by Crippen LogP contribution is -2.42. The Kier molecular flexibility index (Phi) is 8.35. The largest absolute Gasteiger partial charge is 0.357 e. The molecule has 0 radical (unpaired) electrons. The van der Waals surface area contributed by atoms with E-state index >= 15 is 0 Å². The second-order valence-corrected chi connectivity index (χ2v) is 10.8. The number of carbonyl (C=O) groups is 2. The van der Waals surface area contributed by atoms with E-state index < -0.39 is 16.1 Å². The highest BCUT2D eigenvalue weighted by Crippen LogP contribution is 2.26. The summed E-state index contributed by atoms with van der Waals surface area (Å²) in [4.78, 5) is 28.2. The third-order valence-corrected chi connectivity index (χ3v) is 7.81. The zero-order chi connectivity index (χ0) is 26.4. The summed E-state index contributed by atoms with van der Waals surface area (Å²) in [6.07, 6.45) is 2.18. The topological polar surface area (TPSA) is 95.6 Å². The molecule has 2 amide bonds. The van der Waals surface area contributed by atoms with Crippen LogP contribution in [-0.2, 0) is 32.6 Å². The molecule has 0 spiro atoms. The van der Waals surface area contributed by atoms with Crippen LogP contribution in [0.2, 0.25) is 0 Å². The van der Waals surface area contributed by atoms with Crippen molar-refractivity contribution in [3.05, 3.63) is 101 Å². The number of carbonyl (C=O) groups excluding carboxylic acids is 2. The Morgan fingerprint density at radius 1 is 0.946 bits per heavy atom. The average molecular weight is 524 g/mol. The van der Waals surface area contributed by atoms with Gasteiger partial charge in [0.2, 0.25) is 21.8 Å². The average Bonchev–Trinajstić information content (AvgIpc) is 3.72. The number of hydrogen-bond donors (Lipinski definition) is 2. The molecule has 7 nitrogen and oxygen atoms in total. The minimum Gasteiger partial charge on any atom is -0.357 e. The Balaban J connectivity index is 1.53. The van der Waals surface area contributed by atoms with Crippen molar-refractivity contribution in [1.29, 1.82) is 0 Å². The van der Waals surface area contributed by atoms with E-state index in [9.17, 15) is 22.4 Å². The summed E-state index contributed by atoms with van der Waals surface area (Å²) in [5.41, 5.74) is 2.16. The standard InChI is InChI=1S/C28H30FN3O4S/c1-30-28(34)27(22-5-3-2-4-6-22)32(19-21-7-12-23(29)13-8-21)26(33)18-11-20-9-16-25(17-10-20)37(35,36)31-24-14-15-24/h2-10,12-13,16-17,24,27,31H,11,14-15,18-19H2,1H3,(H,30,34). The van der Waals surface area contributed by atoms with Crippen LogP contribution < -0.4 is 10.0 Å². The quantitative estimate of drug-likeness (QED) is 0.401. The van der Waals surface area contributed by atoms with Crippen LogP contribution in [0.1, 0.15) is 42.0 Å². The molecule has 3 aromatic carbocycles. The third-order valence-electron chi connectivity index (χ3n) is 6.27. The predicted octanol–water partition coefficient (Wildman–Crippen LogP) is 3.72. The van der Waals surface area contributed by atoms with Gasteiger partial charge in [0.25, 0.3) is 0 Å². The molecule has 0 bridgehead atoms. The summed E-state index contributed by atoms with van der Waals surface area (Å²) in [7, 11) is -2.03. The Labute approximate surface area is 216 Å². The summed E-state index contributed by atoms with van der Waals surface area (Å²) in [6.45, 7) is 0.121. The summed E-state index contributed by atoms with van der Waals surface area (Å²) < 4.78 is 41.0. The fourth-order valence-corrected chi connectivity index (χ4v) is 5.38.